The molecule has 0 aromatic heterocycles. The normalized spacial score (nSPS) is 16.6. The zero-order valence-corrected chi connectivity index (χ0v) is 9.63. The van der Waals surface area contributed by atoms with E-state index in [1.54, 1.807) is 12.1 Å². The molecule has 0 atom stereocenters. The van der Waals surface area contributed by atoms with Gasteiger partial charge >= 0.3 is 5.69 Å². The Bertz CT molecular complexity index is 430. The first-order valence-electron chi connectivity index (χ1n) is 5.39. The molecule has 92 valence electrons. The maximum absolute atomic E-state index is 10.8. The number of nitro groups is 1. The molecule has 0 unspecified atom stereocenters. The summed E-state index contributed by atoms with van der Waals surface area (Å²) in [7, 11) is 1.43. The van der Waals surface area contributed by atoms with E-state index in [1.807, 2.05) is 6.07 Å². The molecule has 1 fully saturated rings. The Balaban J connectivity index is 2.13. The second-order valence-electron chi connectivity index (χ2n) is 4.22. The molecule has 1 aliphatic rings. The molecule has 1 saturated heterocycles. The molecule has 6 heteroatoms. The number of nitrogens with two attached hydrogens (primary N) is 1. The van der Waals surface area contributed by atoms with Crippen LogP contribution in [-0.4, -0.2) is 36.1 Å². The summed E-state index contributed by atoms with van der Waals surface area (Å²) in [6, 6.07) is 5.27. The van der Waals surface area contributed by atoms with Gasteiger partial charge in [0.2, 0.25) is 0 Å². The summed E-state index contributed by atoms with van der Waals surface area (Å²) in [5, 5.41) is 10.8. The van der Waals surface area contributed by atoms with Gasteiger partial charge in [0.05, 0.1) is 12.0 Å². The van der Waals surface area contributed by atoms with Crippen molar-refractivity contribution in [2.75, 3.05) is 20.2 Å². The smallest absolute Gasteiger partial charge is 0.311 e. The van der Waals surface area contributed by atoms with Crippen LogP contribution in [0.1, 0.15) is 5.56 Å². The maximum Gasteiger partial charge on any atom is 0.311 e. The van der Waals surface area contributed by atoms with E-state index in [4.69, 9.17) is 10.5 Å². The van der Waals surface area contributed by atoms with Gasteiger partial charge in [0.15, 0.2) is 5.75 Å². The number of benzene rings is 1. The fourth-order valence-corrected chi connectivity index (χ4v) is 1.97. The third-order valence-corrected chi connectivity index (χ3v) is 2.83. The third kappa shape index (κ3) is 2.54. The molecular formula is C11H15N3O3. The average molecular weight is 237 g/mol. The Morgan fingerprint density at radius 1 is 1.59 bits per heavy atom. The number of ether oxygens (including phenoxy) is 1. The number of methoxy groups -OCH3 is 1. The molecule has 0 radical (unpaired) electrons. The van der Waals surface area contributed by atoms with Crippen molar-refractivity contribution in [1.29, 1.82) is 0 Å². The fraction of sp³-hybridized carbons (Fsp3) is 0.455. The number of nitrogens with zero attached hydrogens (tertiary/aromatic N) is 2. The SMILES string of the molecule is COc1ccc(CN2CC(N)C2)cc1[N+](=O)[O-]. The van der Waals surface area contributed by atoms with E-state index in [0.29, 0.717) is 12.3 Å². The Kier molecular flexibility index (Phi) is 3.26. The van der Waals surface area contributed by atoms with Crippen molar-refractivity contribution in [3.8, 4) is 5.75 Å². The van der Waals surface area contributed by atoms with E-state index in [-0.39, 0.29) is 11.7 Å². The van der Waals surface area contributed by atoms with Crippen LogP contribution in [0.25, 0.3) is 0 Å². The highest BCUT2D eigenvalue weighted by molar-refractivity contribution is 5.48. The predicted octanol–water partition coefficient (Wildman–Crippen LogP) is 0.746. The number of hydrogen-bond donors (Lipinski definition) is 1. The van der Waals surface area contributed by atoms with Crippen LogP contribution in [0.2, 0.25) is 0 Å². The van der Waals surface area contributed by atoms with Gasteiger partial charge in [0.25, 0.3) is 0 Å². The first-order valence-corrected chi connectivity index (χ1v) is 5.39. The van der Waals surface area contributed by atoms with Crippen molar-refractivity contribution in [2.24, 2.45) is 5.73 Å². The first kappa shape index (κ1) is 11.8. The van der Waals surface area contributed by atoms with Gasteiger partial charge < -0.3 is 10.5 Å². The Morgan fingerprint density at radius 2 is 2.29 bits per heavy atom. The van der Waals surface area contributed by atoms with Gasteiger partial charge in [-0.2, -0.15) is 0 Å². The first-order chi connectivity index (χ1) is 8.10. The van der Waals surface area contributed by atoms with Crippen molar-refractivity contribution in [2.45, 2.75) is 12.6 Å². The van der Waals surface area contributed by atoms with E-state index in [0.717, 1.165) is 18.7 Å². The van der Waals surface area contributed by atoms with Gasteiger partial charge in [-0.1, -0.05) is 6.07 Å². The predicted molar refractivity (Wildman–Crippen MR) is 62.9 cm³/mol. The molecule has 17 heavy (non-hydrogen) atoms. The lowest BCUT2D eigenvalue weighted by atomic mass is 10.1. The van der Waals surface area contributed by atoms with Crippen molar-refractivity contribution >= 4 is 5.69 Å². The van der Waals surface area contributed by atoms with Crippen LogP contribution in [0, 0.1) is 10.1 Å². The molecular weight excluding hydrogens is 222 g/mol. The van der Waals surface area contributed by atoms with Gasteiger partial charge in [-0.15, -0.1) is 0 Å². The summed E-state index contributed by atoms with van der Waals surface area (Å²) in [6.45, 7) is 2.39. The summed E-state index contributed by atoms with van der Waals surface area (Å²) < 4.78 is 4.95. The van der Waals surface area contributed by atoms with Crippen molar-refractivity contribution < 1.29 is 9.66 Å². The Morgan fingerprint density at radius 3 is 2.82 bits per heavy atom. The lowest BCUT2D eigenvalue weighted by molar-refractivity contribution is -0.385. The molecule has 2 N–H and O–H groups in total. The van der Waals surface area contributed by atoms with Crippen LogP contribution in [0.15, 0.2) is 18.2 Å². The second-order valence-corrected chi connectivity index (χ2v) is 4.22. The quantitative estimate of drug-likeness (QED) is 0.617. The van der Waals surface area contributed by atoms with Crippen molar-refractivity contribution in [1.82, 2.24) is 4.90 Å². The van der Waals surface area contributed by atoms with E-state index >= 15 is 0 Å². The highest BCUT2D eigenvalue weighted by Gasteiger charge is 2.24. The second kappa shape index (κ2) is 4.68. The van der Waals surface area contributed by atoms with E-state index in [2.05, 4.69) is 4.90 Å². The number of likely N-dealkylation sites (tertiary alicyclic amines) is 1. The van der Waals surface area contributed by atoms with Crippen LogP contribution >= 0.6 is 0 Å². The lowest BCUT2D eigenvalue weighted by Gasteiger charge is -2.36. The summed E-state index contributed by atoms with van der Waals surface area (Å²) in [4.78, 5) is 12.6. The molecule has 0 aliphatic carbocycles. The van der Waals surface area contributed by atoms with Crippen molar-refractivity contribution in [3.05, 3.63) is 33.9 Å². The molecule has 2 rings (SSSR count). The van der Waals surface area contributed by atoms with Crippen LogP contribution in [-0.2, 0) is 6.54 Å². The minimum Gasteiger partial charge on any atom is -0.490 e. The highest BCUT2D eigenvalue weighted by Crippen LogP contribution is 2.28. The van der Waals surface area contributed by atoms with Gasteiger partial charge in [0.1, 0.15) is 0 Å². The van der Waals surface area contributed by atoms with Gasteiger partial charge in [-0.3, -0.25) is 15.0 Å². The zero-order valence-electron chi connectivity index (χ0n) is 9.63. The Labute approximate surface area is 99.1 Å². The standard InChI is InChI=1S/C11H15N3O3/c1-17-11-3-2-8(4-10(11)14(15)16)5-13-6-9(12)7-13/h2-4,9H,5-7,12H2,1H3. The fourth-order valence-electron chi connectivity index (χ4n) is 1.97. The summed E-state index contributed by atoms with van der Waals surface area (Å²) >= 11 is 0. The monoisotopic (exact) mass is 237 g/mol. The van der Waals surface area contributed by atoms with Crippen LogP contribution < -0.4 is 10.5 Å². The molecule has 0 amide bonds. The summed E-state index contributed by atoms with van der Waals surface area (Å²) in [6.07, 6.45) is 0. The van der Waals surface area contributed by atoms with Gasteiger partial charge in [-0.25, -0.2) is 0 Å². The molecule has 1 aliphatic heterocycles. The minimum atomic E-state index is -0.426. The van der Waals surface area contributed by atoms with Crippen LogP contribution in [0.5, 0.6) is 5.75 Å². The molecule has 1 aromatic rings. The summed E-state index contributed by atoms with van der Waals surface area (Å²) in [5.74, 6) is 0.291. The minimum absolute atomic E-state index is 0.00909. The van der Waals surface area contributed by atoms with E-state index in [1.165, 1.54) is 7.11 Å². The molecule has 0 bridgehead atoms. The molecule has 1 heterocycles. The van der Waals surface area contributed by atoms with Crippen LogP contribution in [0.4, 0.5) is 5.69 Å². The average Bonchev–Trinajstić information content (AvgIpc) is 2.27. The zero-order chi connectivity index (χ0) is 12.4. The third-order valence-electron chi connectivity index (χ3n) is 2.83. The van der Waals surface area contributed by atoms with Crippen molar-refractivity contribution in [3.63, 3.8) is 0 Å². The molecule has 0 saturated carbocycles. The summed E-state index contributed by atoms with van der Waals surface area (Å²) in [5.41, 5.74) is 6.59. The van der Waals surface area contributed by atoms with Crippen LogP contribution in [0.3, 0.4) is 0 Å². The largest absolute Gasteiger partial charge is 0.490 e. The van der Waals surface area contributed by atoms with Gasteiger partial charge in [-0.05, 0) is 11.6 Å². The highest BCUT2D eigenvalue weighted by atomic mass is 16.6. The number of rotatable bonds is 4. The molecule has 1 aromatic carbocycles. The topological polar surface area (TPSA) is 81.6 Å². The van der Waals surface area contributed by atoms with Gasteiger partial charge in [0, 0.05) is 31.7 Å². The van der Waals surface area contributed by atoms with E-state index < -0.39 is 4.92 Å². The van der Waals surface area contributed by atoms with E-state index in [9.17, 15) is 10.1 Å². The number of nitro benzene ring substituents is 1. The maximum atomic E-state index is 10.8. The molecule has 6 nitrogen and oxygen atoms in total. The lowest BCUT2D eigenvalue weighted by Crippen LogP contribution is -2.54. The number of hydrogen-bond acceptors (Lipinski definition) is 5. The Hall–Kier alpha value is -1.66. The molecule has 0 spiro atoms.